The molecule has 4 N–H and O–H groups in total. The van der Waals surface area contributed by atoms with Crippen molar-refractivity contribution in [1.82, 2.24) is 0 Å². The van der Waals surface area contributed by atoms with Gasteiger partial charge in [0.25, 0.3) is 0 Å². The highest BCUT2D eigenvalue weighted by atomic mass is 32.2. The van der Waals surface area contributed by atoms with Crippen LogP contribution in [0.1, 0.15) is 12.8 Å². The fourth-order valence-electron chi connectivity index (χ4n) is 1.41. The largest absolute Gasteiger partial charge is 0.486 e. The first-order valence-electron chi connectivity index (χ1n) is 5.55. The number of amidine groups is 1. The molecular weight excluding hydrogens is 254 g/mol. The molecule has 1 aliphatic carbocycles. The van der Waals surface area contributed by atoms with Gasteiger partial charge in [-0.25, -0.2) is 8.42 Å². The standard InChI is InChI=1S/C11H15N3O3S/c12-11(13)7-17-9-3-1-8(2-4-9)14-18(15,16)10-5-6-10/h1-4,10,14H,5-7H2,(H3,12,13). The topological polar surface area (TPSA) is 105 Å². The predicted molar refractivity (Wildman–Crippen MR) is 69.4 cm³/mol. The van der Waals surface area contributed by atoms with Crippen LogP contribution in [0.4, 0.5) is 5.69 Å². The number of sulfonamides is 1. The van der Waals surface area contributed by atoms with Gasteiger partial charge >= 0.3 is 0 Å². The van der Waals surface area contributed by atoms with Gasteiger partial charge in [-0.15, -0.1) is 0 Å². The minimum Gasteiger partial charge on any atom is -0.486 e. The van der Waals surface area contributed by atoms with Crippen molar-refractivity contribution in [1.29, 1.82) is 5.41 Å². The fourth-order valence-corrected chi connectivity index (χ4v) is 2.79. The van der Waals surface area contributed by atoms with Crippen molar-refractivity contribution in [3.63, 3.8) is 0 Å². The molecule has 0 atom stereocenters. The third kappa shape index (κ3) is 3.36. The molecule has 0 amide bonds. The van der Waals surface area contributed by atoms with Gasteiger partial charge in [-0.3, -0.25) is 10.1 Å². The lowest BCUT2D eigenvalue weighted by atomic mass is 10.3. The van der Waals surface area contributed by atoms with Gasteiger partial charge in [-0.05, 0) is 37.1 Å². The number of nitrogens with two attached hydrogens (primary N) is 1. The molecule has 0 bridgehead atoms. The van der Waals surface area contributed by atoms with Crippen molar-refractivity contribution in [2.45, 2.75) is 18.1 Å². The molecule has 0 aromatic heterocycles. The number of rotatable bonds is 6. The fraction of sp³-hybridized carbons (Fsp3) is 0.364. The third-order valence-electron chi connectivity index (χ3n) is 2.47. The highest BCUT2D eigenvalue weighted by molar-refractivity contribution is 7.93. The molecule has 0 unspecified atom stereocenters. The van der Waals surface area contributed by atoms with Crippen LogP contribution in [0.3, 0.4) is 0 Å². The van der Waals surface area contributed by atoms with Crippen molar-refractivity contribution >= 4 is 21.5 Å². The smallest absolute Gasteiger partial charge is 0.235 e. The number of hydrogen-bond donors (Lipinski definition) is 3. The summed E-state index contributed by atoms with van der Waals surface area (Å²) in [6.07, 6.45) is 1.46. The highest BCUT2D eigenvalue weighted by Crippen LogP contribution is 2.30. The predicted octanol–water partition coefficient (Wildman–Crippen LogP) is 0.905. The van der Waals surface area contributed by atoms with E-state index in [-0.39, 0.29) is 17.7 Å². The van der Waals surface area contributed by atoms with Crippen LogP contribution in [0, 0.1) is 5.41 Å². The second-order valence-corrected chi connectivity index (χ2v) is 6.15. The Kier molecular flexibility index (Phi) is 3.42. The molecule has 1 aromatic rings. The van der Waals surface area contributed by atoms with Crippen LogP contribution in [0.25, 0.3) is 0 Å². The van der Waals surface area contributed by atoms with Gasteiger partial charge in [0.05, 0.1) is 5.25 Å². The number of benzene rings is 1. The minimum absolute atomic E-state index is 0.0210. The molecule has 0 aliphatic heterocycles. The summed E-state index contributed by atoms with van der Waals surface area (Å²) < 4.78 is 31.1. The zero-order chi connectivity index (χ0) is 13.2. The first-order valence-corrected chi connectivity index (χ1v) is 7.09. The number of nitrogens with one attached hydrogen (secondary N) is 2. The number of anilines is 1. The van der Waals surface area contributed by atoms with Gasteiger partial charge in [-0.2, -0.15) is 0 Å². The normalized spacial score (nSPS) is 15.1. The van der Waals surface area contributed by atoms with Crippen LogP contribution in [0.2, 0.25) is 0 Å². The summed E-state index contributed by atoms with van der Waals surface area (Å²) in [4.78, 5) is 0. The zero-order valence-electron chi connectivity index (χ0n) is 9.72. The van der Waals surface area contributed by atoms with Crippen molar-refractivity contribution in [2.75, 3.05) is 11.3 Å². The van der Waals surface area contributed by atoms with Crippen LogP contribution in [0.15, 0.2) is 24.3 Å². The van der Waals surface area contributed by atoms with Gasteiger partial charge in [0, 0.05) is 5.69 Å². The van der Waals surface area contributed by atoms with E-state index in [2.05, 4.69) is 4.72 Å². The number of ether oxygens (including phenoxy) is 1. The van der Waals surface area contributed by atoms with Gasteiger partial charge in [-0.1, -0.05) is 0 Å². The number of hydrogen-bond acceptors (Lipinski definition) is 4. The maximum absolute atomic E-state index is 11.7. The van der Waals surface area contributed by atoms with Crippen molar-refractivity contribution in [3.8, 4) is 5.75 Å². The summed E-state index contributed by atoms with van der Waals surface area (Å²) in [5, 5.41) is 6.77. The molecule has 0 saturated heterocycles. The lowest BCUT2D eigenvalue weighted by molar-refractivity contribution is 0.374. The Morgan fingerprint density at radius 3 is 2.50 bits per heavy atom. The molecule has 0 radical (unpaired) electrons. The lowest BCUT2D eigenvalue weighted by Crippen LogP contribution is -2.19. The molecule has 1 aliphatic rings. The zero-order valence-corrected chi connectivity index (χ0v) is 10.5. The Morgan fingerprint density at radius 1 is 1.39 bits per heavy atom. The molecule has 0 heterocycles. The van der Waals surface area contributed by atoms with Crippen LogP contribution in [-0.4, -0.2) is 26.1 Å². The van der Waals surface area contributed by atoms with E-state index in [1.54, 1.807) is 24.3 Å². The second kappa shape index (κ2) is 4.85. The van der Waals surface area contributed by atoms with E-state index < -0.39 is 10.0 Å². The van der Waals surface area contributed by atoms with E-state index in [9.17, 15) is 8.42 Å². The Morgan fingerprint density at radius 2 is 2.00 bits per heavy atom. The first kappa shape index (κ1) is 12.7. The molecule has 1 saturated carbocycles. The van der Waals surface area contributed by atoms with Crippen LogP contribution < -0.4 is 15.2 Å². The summed E-state index contributed by atoms with van der Waals surface area (Å²) in [6, 6.07) is 6.51. The minimum atomic E-state index is -3.22. The molecule has 2 rings (SSSR count). The van der Waals surface area contributed by atoms with Gasteiger partial charge < -0.3 is 10.5 Å². The maximum atomic E-state index is 11.7. The molecule has 7 heteroatoms. The Labute approximate surface area is 106 Å². The first-order chi connectivity index (χ1) is 8.47. The summed E-state index contributed by atoms with van der Waals surface area (Å²) in [6.45, 7) is 0.0210. The Balaban J connectivity index is 1.97. The van der Waals surface area contributed by atoms with Crippen molar-refractivity contribution < 1.29 is 13.2 Å². The van der Waals surface area contributed by atoms with Crippen molar-refractivity contribution in [2.24, 2.45) is 5.73 Å². The lowest BCUT2D eigenvalue weighted by Gasteiger charge is -2.08. The van der Waals surface area contributed by atoms with E-state index in [0.29, 0.717) is 11.4 Å². The molecule has 0 spiro atoms. The Bertz CT molecular complexity index is 535. The van der Waals surface area contributed by atoms with Crippen LogP contribution in [0.5, 0.6) is 5.75 Å². The average Bonchev–Trinajstić information content (AvgIpc) is 3.11. The quantitative estimate of drug-likeness (QED) is 0.527. The molecule has 6 nitrogen and oxygen atoms in total. The van der Waals surface area contributed by atoms with E-state index >= 15 is 0 Å². The summed E-state index contributed by atoms with van der Waals surface area (Å²) in [7, 11) is -3.22. The SMILES string of the molecule is N=C(N)COc1ccc(NS(=O)(=O)C2CC2)cc1. The van der Waals surface area contributed by atoms with Crippen LogP contribution >= 0.6 is 0 Å². The Hall–Kier alpha value is -1.76. The summed E-state index contributed by atoms with van der Waals surface area (Å²) in [5.74, 6) is 0.480. The van der Waals surface area contributed by atoms with Gasteiger partial charge in [0.1, 0.15) is 18.2 Å². The van der Waals surface area contributed by atoms with E-state index in [0.717, 1.165) is 12.8 Å². The molecule has 1 aromatic carbocycles. The molecule has 98 valence electrons. The van der Waals surface area contributed by atoms with E-state index in [1.165, 1.54) is 0 Å². The molecule has 18 heavy (non-hydrogen) atoms. The monoisotopic (exact) mass is 269 g/mol. The molecular formula is C11H15N3O3S. The second-order valence-electron chi connectivity index (χ2n) is 4.18. The summed E-state index contributed by atoms with van der Waals surface area (Å²) >= 11 is 0. The third-order valence-corrected chi connectivity index (χ3v) is 4.34. The maximum Gasteiger partial charge on any atom is 0.235 e. The van der Waals surface area contributed by atoms with Gasteiger partial charge in [0.2, 0.25) is 10.0 Å². The highest BCUT2D eigenvalue weighted by Gasteiger charge is 2.35. The van der Waals surface area contributed by atoms with Crippen molar-refractivity contribution in [3.05, 3.63) is 24.3 Å². The van der Waals surface area contributed by atoms with Gasteiger partial charge in [0.15, 0.2) is 0 Å². The average molecular weight is 269 g/mol. The van der Waals surface area contributed by atoms with Crippen LogP contribution in [-0.2, 0) is 10.0 Å². The van der Waals surface area contributed by atoms with E-state index in [1.807, 2.05) is 0 Å². The summed E-state index contributed by atoms with van der Waals surface area (Å²) in [5.41, 5.74) is 5.67. The molecule has 1 fully saturated rings. The van der Waals surface area contributed by atoms with E-state index in [4.69, 9.17) is 15.9 Å².